The van der Waals surface area contributed by atoms with Crippen molar-refractivity contribution in [2.45, 2.75) is 24.5 Å². The van der Waals surface area contributed by atoms with E-state index < -0.39 is 0 Å². The van der Waals surface area contributed by atoms with Crippen molar-refractivity contribution in [3.8, 4) is 0 Å². The highest BCUT2D eigenvalue weighted by molar-refractivity contribution is 7.80. The summed E-state index contributed by atoms with van der Waals surface area (Å²) in [6.07, 6.45) is 3.67. The number of nitrogens with zero attached hydrogens (tertiary/aromatic N) is 1. The van der Waals surface area contributed by atoms with Gasteiger partial charge in [0, 0.05) is 11.8 Å². The monoisotopic (exact) mass is 221 g/mol. The Morgan fingerprint density at radius 3 is 2.47 bits per heavy atom. The maximum absolute atomic E-state index is 4.51. The molecular formula is C13H19NS. The Hall–Kier alpha value is -0.470. The Bertz CT molecular complexity index is 278. The average Bonchev–Trinajstić information content (AvgIpc) is 2.30. The van der Waals surface area contributed by atoms with E-state index in [2.05, 4.69) is 47.9 Å². The zero-order valence-corrected chi connectivity index (χ0v) is 10.00. The maximum Gasteiger partial charge on any atom is 0.00411 e. The maximum atomic E-state index is 4.51. The van der Waals surface area contributed by atoms with Crippen molar-refractivity contribution in [1.82, 2.24) is 4.90 Å². The van der Waals surface area contributed by atoms with Gasteiger partial charge in [-0.2, -0.15) is 12.6 Å². The average molecular weight is 221 g/mol. The molecule has 1 aliphatic heterocycles. The molecule has 2 heteroatoms. The molecule has 15 heavy (non-hydrogen) atoms. The third-order valence-electron chi connectivity index (χ3n) is 3.12. The molecule has 1 fully saturated rings. The summed E-state index contributed by atoms with van der Waals surface area (Å²) < 4.78 is 0. The Morgan fingerprint density at radius 1 is 1.13 bits per heavy atom. The van der Waals surface area contributed by atoms with Crippen LogP contribution in [0.25, 0.3) is 0 Å². The van der Waals surface area contributed by atoms with Crippen molar-refractivity contribution in [2.75, 3.05) is 19.6 Å². The molecule has 1 saturated heterocycles. The molecule has 1 aromatic carbocycles. The lowest BCUT2D eigenvalue weighted by molar-refractivity contribution is 0.236. The van der Waals surface area contributed by atoms with E-state index in [0.29, 0.717) is 5.25 Å². The van der Waals surface area contributed by atoms with Crippen molar-refractivity contribution in [2.24, 2.45) is 0 Å². The number of rotatable bonds is 3. The van der Waals surface area contributed by atoms with Gasteiger partial charge in [-0.1, -0.05) is 30.3 Å². The number of hydrogen-bond acceptors (Lipinski definition) is 2. The number of hydrogen-bond donors (Lipinski definition) is 1. The lowest BCUT2D eigenvalue weighted by Gasteiger charge is -2.29. The molecule has 1 nitrogen and oxygen atoms in total. The van der Waals surface area contributed by atoms with Crippen LogP contribution in [0.15, 0.2) is 30.3 Å². The molecule has 1 heterocycles. The molecule has 2 rings (SSSR count). The third kappa shape index (κ3) is 3.54. The van der Waals surface area contributed by atoms with Crippen LogP contribution >= 0.6 is 12.6 Å². The van der Waals surface area contributed by atoms with E-state index >= 15 is 0 Å². The van der Waals surface area contributed by atoms with Gasteiger partial charge in [0.05, 0.1) is 0 Å². The number of thiol groups is 1. The topological polar surface area (TPSA) is 3.24 Å². The van der Waals surface area contributed by atoms with E-state index in [1.54, 1.807) is 0 Å². The first-order valence-electron chi connectivity index (χ1n) is 5.79. The molecule has 0 saturated carbocycles. The first kappa shape index (κ1) is 11.0. The zero-order valence-electron chi connectivity index (χ0n) is 9.10. The quantitative estimate of drug-likeness (QED) is 0.768. The number of likely N-dealkylation sites (tertiary alicyclic amines) is 1. The Balaban J connectivity index is 1.74. The minimum Gasteiger partial charge on any atom is -0.303 e. The van der Waals surface area contributed by atoms with Gasteiger partial charge in [-0.15, -0.1) is 0 Å². The van der Waals surface area contributed by atoms with Crippen molar-refractivity contribution in [1.29, 1.82) is 0 Å². The van der Waals surface area contributed by atoms with Crippen LogP contribution < -0.4 is 0 Å². The fourth-order valence-electron chi connectivity index (χ4n) is 2.07. The summed E-state index contributed by atoms with van der Waals surface area (Å²) >= 11 is 4.51. The highest BCUT2D eigenvalue weighted by atomic mass is 32.1. The normalized spacial score (nSPS) is 19.3. The smallest absolute Gasteiger partial charge is 0.00411 e. The fraction of sp³-hybridized carbons (Fsp3) is 0.538. The summed E-state index contributed by atoms with van der Waals surface area (Å²) in [4.78, 5) is 2.56. The van der Waals surface area contributed by atoms with E-state index in [-0.39, 0.29) is 0 Å². The molecule has 0 aromatic heterocycles. The molecule has 82 valence electrons. The molecule has 0 N–H and O–H groups in total. The molecule has 1 aromatic rings. The summed E-state index contributed by atoms with van der Waals surface area (Å²) in [5.41, 5.74) is 1.45. The minimum absolute atomic E-state index is 0.637. The van der Waals surface area contributed by atoms with E-state index in [0.717, 1.165) is 0 Å². The lowest BCUT2D eigenvalue weighted by Crippen LogP contribution is -2.35. The summed E-state index contributed by atoms with van der Waals surface area (Å²) in [6, 6.07) is 10.7. The molecule has 0 atom stereocenters. The second-order valence-corrected chi connectivity index (χ2v) is 5.04. The van der Waals surface area contributed by atoms with Crippen LogP contribution in [-0.4, -0.2) is 29.8 Å². The Morgan fingerprint density at radius 2 is 1.80 bits per heavy atom. The molecular weight excluding hydrogens is 202 g/mol. The van der Waals surface area contributed by atoms with E-state index in [1.807, 2.05) is 0 Å². The molecule has 0 radical (unpaired) electrons. The molecule has 0 aliphatic carbocycles. The largest absolute Gasteiger partial charge is 0.303 e. The molecule has 0 unspecified atom stereocenters. The van der Waals surface area contributed by atoms with Gasteiger partial charge in [-0.3, -0.25) is 0 Å². The second kappa shape index (κ2) is 5.57. The second-order valence-electron chi connectivity index (χ2n) is 4.31. The van der Waals surface area contributed by atoms with Gasteiger partial charge in [0.15, 0.2) is 0 Å². The Labute approximate surface area is 97.9 Å². The summed E-state index contributed by atoms with van der Waals surface area (Å²) in [6.45, 7) is 3.65. The minimum atomic E-state index is 0.637. The SMILES string of the molecule is SC1CCN(CCc2ccccc2)CC1. The standard InChI is InChI=1S/C13H19NS/c15-13-7-10-14(11-8-13)9-6-12-4-2-1-3-5-12/h1-5,13,15H,6-11H2. The highest BCUT2D eigenvalue weighted by Gasteiger charge is 2.15. The van der Waals surface area contributed by atoms with Gasteiger partial charge in [0.1, 0.15) is 0 Å². The highest BCUT2D eigenvalue weighted by Crippen LogP contribution is 2.15. The summed E-state index contributed by atoms with van der Waals surface area (Å²) in [5, 5.41) is 0.637. The van der Waals surface area contributed by atoms with E-state index in [1.165, 1.54) is 44.5 Å². The van der Waals surface area contributed by atoms with Gasteiger partial charge in [0.2, 0.25) is 0 Å². The van der Waals surface area contributed by atoms with Gasteiger partial charge in [0.25, 0.3) is 0 Å². The van der Waals surface area contributed by atoms with Crippen LogP contribution in [0, 0.1) is 0 Å². The third-order valence-corrected chi connectivity index (χ3v) is 3.63. The Kier molecular flexibility index (Phi) is 4.09. The first-order valence-corrected chi connectivity index (χ1v) is 6.30. The van der Waals surface area contributed by atoms with Gasteiger partial charge < -0.3 is 4.90 Å². The van der Waals surface area contributed by atoms with Gasteiger partial charge in [-0.05, 0) is 37.9 Å². The fourth-order valence-corrected chi connectivity index (χ4v) is 2.31. The van der Waals surface area contributed by atoms with Crippen molar-refractivity contribution >= 4 is 12.6 Å². The predicted octanol–water partition coefficient (Wildman–Crippen LogP) is 2.62. The van der Waals surface area contributed by atoms with E-state index in [9.17, 15) is 0 Å². The van der Waals surface area contributed by atoms with Crippen LogP contribution in [-0.2, 0) is 6.42 Å². The van der Waals surface area contributed by atoms with Crippen LogP contribution in [0.3, 0.4) is 0 Å². The van der Waals surface area contributed by atoms with Crippen LogP contribution in [0.4, 0.5) is 0 Å². The van der Waals surface area contributed by atoms with Crippen molar-refractivity contribution in [3.05, 3.63) is 35.9 Å². The lowest BCUT2D eigenvalue weighted by atomic mass is 10.1. The van der Waals surface area contributed by atoms with Crippen LogP contribution in [0.1, 0.15) is 18.4 Å². The molecule has 0 amide bonds. The molecule has 1 aliphatic rings. The number of piperidine rings is 1. The van der Waals surface area contributed by atoms with Gasteiger partial charge >= 0.3 is 0 Å². The first-order chi connectivity index (χ1) is 7.34. The van der Waals surface area contributed by atoms with Crippen molar-refractivity contribution < 1.29 is 0 Å². The van der Waals surface area contributed by atoms with Gasteiger partial charge in [-0.25, -0.2) is 0 Å². The number of benzene rings is 1. The van der Waals surface area contributed by atoms with Crippen molar-refractivity contribution in [3.63, 3.8) is 0 Å². The molecule has 0 bridgehead atoms. The summed E-state index contributed by atoms with van der Waals surface area (Å²) in [5.74, 6) is 0. The summed E-state index contributed by atoms with van der Waals surface area (Å²) in [7, 11) is 0. The predicted molar refractivity (Wildman–Crippen MR) is 68.6 cm³/mol. The van der Waals surface area contributed by atoms with Crippen LogP contribution in [0.5, 0.6) is 0 Å². The zero-order chi connectivity index (χ0) is 10.5. The van der Waals surface area contributed by atoms with Crippen LogP contribution in [0.2, 0.25) is 0 Å². The molecule has 0 spiro atoms. The van der Waals surface area contributed by atoms with E-state index in [4.69, 9.17) is 0 Å².